The maximum Gasteiger partial charge on any atom is 0.316 e. The molecular weight excluding hydrogens is 412 g/mol. The summed E-state index contributed by atoms with van der Waals surface area (Å²) in [6.45, 7) is 2.11. The minimum atomic E-state index is -0.303. The molecule has 0 aromatic carbocycles. The van der Waals surface area contributed by atoms with E-state index in [1.54, 1.807) is 18.3 Å². The fourth-order valence-electron chi connectivity index (χ4n) is 1.88. The fraction of sp³-hybridized carbons (Fsp3) is 0.267. The van der Waals surface area contributed by atoms with Gasteiger partial charge >= 0.3 is 5.97 Å². The third kappa shape index (κ3) is 5.34. The van der Waals surface area contributed by atoms with Gasteiger partial charge in [0.25, 0.3) is 0 Å². The Kier molecular flexibility index (Phi) is 6.72. The molecule has 26 heavy (non-hydrogen) atoms. The van der Waals surface area contributed by atoms with Crippen molar-refractivity contribution < 1.29 is 14.3 Å². The Labute approximate surface area is 165 Å². The molecule has 7 nitrogen and oxygen atoms in total. The molecule has 0 aliphatic carbocycles. The van der Waals surface area contributed by atoms with Crippen molar-refractivity contribution in [2.24, 2.45) is 0 Å². The zero-order valence-corrected chi connectivity index (χ0v) is 16.9. The molecule has 0 saturated heterocycles. The third-order valence-electron chi connectivity index (χ3n) is 2.93. The first-order valence-electron chi connectivity index (χ1n) is 7.52. The van der Waals surface area contributed by atoms with Crippen LogP contribution in [0.3, 0.4) is 0 Å². The number of hydrogen-bond acceptors (Lipinski definition) is 10. The van der Waals surface area contributed by atoms with Gasteiger partial charge in [-0.2, -0.15) is 11.3 Å². The van der Waals surface area contributed by atoms with Crippen LogP contribution >= 0.6 is 45.8 Å². The number of ether oxygens (including phenoxy) is 1. The highest BCUT2D eigenvalue weighted by molar-refractivity contribution is 8.01. The van der Waals surface area contributed by atoms with Crippen molar-refractivity contribution in [1.29, 1.82) is 0 Å². The molecule has 0 fully saturated rings. The molecule has 0 spiro atoms. The van der Waals surface area contributed by atoms with E-state index in [2.05, 4.69) is 20.5 Å². The number of thiazole rings is 1. The third-order valence-corrected chi connectivity index (χ3v) is 6.50. The summed E-state index contributed by atoms with van der Waals surface area (Å²) in [4.78, 5) is 28.0. The predicted molar refractivity (Wildman–Crippen MR) is 105 cm³/mol. The van der Waals surface area contributed by atoms with E-state index < -0.39 is 0 Å². The monoisotopic (exact) mass is 426 g/mol. The Morgan fingerprint density at radius 2 is 2.19 bits per heavy atom. The summed E-state index contributed by atoms with van der Waals surface area (Å²) in [5.41, 5.74) is 1.79. The topological polar surface area (TPSA) is 94.1 Å². The molecule has 3 heterocycles. The number of nitrogens with one attached hydrogen (secondary N) is 1. The van der Waals surface area contributed by atoms with Gasteiger partial charge in [-0.25, -0.2) is 4.98 Å². The normalized spacial score (nSPS) is 10.7. The fourth-order valence-corrected chi connectivity index (χ4v) is 4.97. The van der Waals surface area contributed by atoms with E-state index in [0.29, 0.717) is 16.1 Å². The molecule has 0 radical (unpaired) electrons. The van der Waals surface area contributed by atoms with Crippen molar-refractivity contribution in [3.05, 3.63) is 27.9 Å². The summed E-state index contributed by atoms with van der Waals surface area (Å²) in [6.07, 6.45) is 0.172. The van der Waals surface area contributed by atoms with E-state index in [1.165, 1.54) is 34.4 Å². The van der Waals surface area contributed by atoms with E-state index in [4.69, 9.17) is 4.74 Å². The number of esters is 1. The summed E-state index contributed by atoms with van der Waals surface area (Å²) < 4.78 is 5.45. The second kappa shape index (κ2) is 9.21. The molecule has 11 heteroatoms. The van der Waals surface area contributed by atoms with E-state index in [-0.39, 0.29) is 24.1 Å². The van der Waals surface area contributed by atoms with Gasteiger partial charge in [-0.15, -0.1) is 21.5 Å². The van der Waals surface area contributed by atoms with Crippen LogP contribution < -0.4 is 5.32 Å². The Morgan fingerprint density at radius 1 is 1.31 bits per heavy atom. The number of carbonyl (C=O) groups excluding carboxylic acids is 2. The van der Waals surface area contributed by atoms with Crippen molar-refractivity contribution in [3.63, 3.8) is 0 Å². The van der Waals surface area contributed by atoms with Gasteiger partial charge in [0.2, 0.25) is 11.0 Å². The van der Waals surface area contributed by atoms with Crippen LogP contribution in [0.5, 0.6) is 0 Å². The molecule has 0 saturated carbocycles. The summed E-state index contributed by atoms with van der Waals surface area (Å²) in [5.74, 6) is -0.339. The van der Waals surface area contributed by atoms with Gasteiger partial charge in [-0.05, 0) is 18.4 Å². The maximum absolute atomic E-state index is 12.2. The zero-order valence-electron chi connectivity index (χ0n) is 13.6. The number of thiophene rings is 1. The van der Waals surface area contributed by atoms with Gasteiger partial charge < -0.3 is 10.1 Å². The van der Waals surface area contributed by atoms with Crippen LogP contribution in [0.25, 0.3) is 10.6 Å². The second-order valence-corrected chi connectivity index (χ2v) is 8.69. The largest absolute Gasteiger partial charge is 0.465 e. The highest BCUT2D eigenvalue weighted by Gasteiger charge is 2.13. The van der Waals surface area contributed by atoms with E-state index in [9.17, 15) is 9.59 Å². The van der Waals surface area contributed by atoms with Crippen LogP contribution in [0.15, 0.2) is 26.5 Å². The number of carbonyl (C=O) groups is 2. The Balaban J connectivity index is 1.50. The number of aromatic nitrogens is 3. The van der Waals surface area contributed by atoms with E-state index in [1.807, 2.05) is 22.2 Å². The number of amides is 1. The molecule has 136 valence electrons. The van der Waals surface area contributed by atoms with Crippen molar-refractivity contribution in [2.45, 2.75) is 17.7 Å². The average Bonchev–Trinajstić information content (AvgIpc) is 3.34. The maximum atomic E-state index is 12.2. The average molecular weight is 427 g/mol. The second-order valence-electron chi connectivity index (χ2n) is 4.85. The summed E-state index contributed by atoms with van der Waals surface area (Å²) in [5, 5.41) is 17.8. The number of thioether (sulfide) groups is 1. The van der Waals surface area contributed by atoms with Crippen molar-refractivity contribution in [2.75, 3.05) is 17.7 Å². The van der Waals surface area contributed by atoms with Gasteiger partial charge in [-0.3, -0.25) is 9.59 Å². The first-order valence-corrected chi connectivity index (χ1v) is 11.1. The number of anilines is 1. The molecule has 0 bridgehead atoms. The molecule has 1 amide bonds. The first kappa shape index (κ1) is 19.0. The number of hydrogen-bond donors (Lipinski definition) is 1. The van der Waals surface area contributed by atoms with Gasteiger partial charge in [-0.1, -0.05) is 23.1 Å². The molecule has 1 N–H and O–H groups in total. The first-order chi connectivity index (χ1) is 12.6. The highest BCUT2D eigenvalue weighted by Crippen LogP contribution is 2.27. The summed E-state index contributed by atoms with van der Waals surface area (Å²) in [7, 11) is 0. The van der Waals surface area contributed by atoms with E-state index in [0.717, 1.165) is 16.3 Å². The molecule has 0 aliphatic rings. The summed E-state index contributed by atoms with van der Waals surface area (Å²) in [6, 6.07) is 2.00. The van der Waals surface area contributed by atoms with Crippen LogP contribution in [0.2, 0.25) is 0 Å². The van der Waals surface area contributed by atoms with Gasteiger partial charge in [0.05, 0.1) is 24.5 Å². The molecular formula is C15H14N4O3S4. The van der Waals surface area contributed by atoms with Gasteiger partial charge in [0, 0.05) is 16.3 Å². The van der Waals surface area contributed by atoms with Crippen LogP contribution in [-0.4, -0.2) is 39.4 Å². The van der Waals surface area contributed by atoms with Crippen LogP contribution in [0.4, 0.5) is 5.13 Å². The Hall–Kier alpha value is -1.82. The standard InChI is InChI=1S/C15H14N4O3S4/c1-2-22-12(21)8-25-15-19-18-14(26-15)17-11(20)5-10-7-24-13(16-10)9-3-4-23-6-9/h3-4,6-7H,2,5,8H2,1H3,(H,17,18,20). The molecule has 0 aliphatic heterocycles. The van der Waals surface area contributed by atoms with Crippen molar-refractivity contribution >= 4 is 62.8 Å². The summed E-state index contributed by atoms with van der Waals surface area (Å²) >= 11 is 5.58. The minimum absolute atomic E-state index is 0.167. The van der Waals surface area contributed by atoms with Crippen molar-refractivity contribution in [1.82, 2.24) is 15.2 Å². The Morgan fingerprint density at radius 3 is 2.96 bits per heavy atom. The number of nitrogens with zero attached hydrogens (tertiary/aromatic N) is 3. The molecule has 3 aromatic rings. The van der Waals surface area contributed by atoms with Crippen LogP contribution in [0, 0.1) is 0 Å². The lowest BCUT2D eigenvalue weighted by Gasteiger charge is -1.99. The Bertz CT molecular complexity index is 875. The van der Waals surface area contributed by atoms with Crippen LogP contribution in [0.1, 0.15) is 12.6 Å². The highest BCUT2D eigenvalue weighted by atomic mass is 32.2. The smallest absolute Gasteiger partial charge is 0.316 e. The van der Waals surface area contributed by atoms with Crippen molar-refractivity contribution in [3.8, 4) is 10.6 Å². The molecule has 3 aromatic heterocycles. The van der Waals surface area contributed by atoms with E-state index >= 15 is 0 Å². The zero-order chi connectivity index (χ0) is 18.4. The lowest BCUT2D eigenvalue weighted by Crippen LogP contribution is -2.14. The minimum Gasteiger partial charge on any atom is -0.465 e. The molecule has 0 unspecified atom stereocenters. The van der Waals surface area contributed by atoms with Crippen LogP contribution in [-0.2, 0) is 20.7 Å². The predicted octanol–water partition coefficient (Wildman–Crippen LogP) is 3.56. The number of rotatable bonds is 8. The lowest BCUT2D eigenvalue weighted by molar-refractivity contribution is -0.139. The van der Waals surface area contributed by atoms with Gasteiger partial charge in [0.1, 0.15) is 5.01 Å². The lowest BCUT2D eigenvalue weighted by atomic mass is 10.3. The SMILES string of the molecule is CCOC(=O)CSc1nnc(NC(=O)Cc2csc(-c3ccsc3)n2)s1. The molecule has 0 atom stereocenters. The van der Waals surface area contributed by atoms with Gasteiger partial charge in [0.15, 0.2) is 4.34 Å². The molecule has 3 rings (SSSR count). The quantitative estimate of drug-likeness (QED) is 0.334.